The van der Waals surface area contributed by atoms with Crippen molar-refractivity contribution in [3.8, 4) is 0 Å². The monoisotopic (exact) mass is 267 g/mol. The van der Waals surface area contributed by atoms with E-state index >= 15 is 0 Å². The minimum atomic E-state index is 0.621. The van der Waals surface area contributed by atoms with Crippen molar-refractivity contribution in [3.05, 3.63) is 11.9 Å². The van der Waals surface area contributed by atoms with E-state index in [1.807, 2.05) is 10.9 Å². The van der Waals surface area contributed by atoms with E-state index in [4.69, 9.17) is 0 Å². The maximum atomic E-state index is 4.19. The van der Waals surface area contributed by atoms with Crippen molar-refractivity contribution in [3.63, 3.8) is 0 Å². The maximum absolute atomic E-state index is 4.19. The van der Waals surface area contributed by atoms with Crippen molar-refractivity contribution in [2.24, 2.45) is 5.92 Å². The van der Waals surface area contributed by atoms with Crippen molar-refractivity contribution in [1.82, 2.24) is 25.2 Å². The second-order valence-corrected chi connectivity index (χ2v) is 5.74. The SMILES string of the molecule is CCC(C)N(C)CCn1cc(CNCC(C)C)nn1. The minimum absolute atomic E-state index is 0.621. The molecule has 1 heterocycles. The van der Waals surface area contributed by atoms with Gasteiger partial charge in [0.1, 0.15) is 0 Å². The van der Waals surface area contributed by atoms with Crippen LogP contribution in [0.5, 0.6) is 0 Å². The summed E-state index contributed by atoms with van der Waals surface area (Å²) in [4.78, 5) is 2.36. The summed E-state index contributed by atoms with van der Waals surface area (Å²) >= 11 is 0. The summed E-state index contributed by atoms with van der Waals surface area (Å²) in [5, 5.41) is 11.7. The number of nitrogens with zero attached hydrogens (tertiary/aromatic N) is 4. The molecule has 0 spiro atoms. The van der Waals surface area contributed by atoms with E-state index in [1.54, 1.807) is 0 Å². The van der Waals surface area contributed by atoms with Crippen LogP contribution in [-0.2, 0) is 13.1 Å². The Kier molecular flexibility index (Phi) is 7.02. The highest BCUT2D eigenvalue weighted by molar-refractivity contribution is 4.91. The van der Waals surface area contributed by atoms with Crippen LogP contribution in [0.15, 0.2) is 6.20 Å². The number of hydrogen-bond acceptors (Lipinski definition) is 4. The molecule has 1 N–H and O–H groups in total. The lowest BCUT2D eigenvalue weighted by Gasteiger charge is -2.22. The van der Waals surface area contributed by atoms with Crippen LogP contribution in [0.3, 0.4) is 0 Å². The lowest BCUT2D eigenvalue weighted by Crippen LogP contribution is -2.31. The molecule has 0 bridgehead atoms. The van der Waals surface area contributed by atoms with E-state index in [9.17, 15) is 0 Å². The highest BCUT2D eigenvalue weighted by atomic mass is 15.4. The Balaban J connectivity index is 2.30. The van der Waals surface area contributed by atoms with Crippen LogP contribution in [0.2, 0.25) is 0 Å². The van der Waals surface area contributed by atoms with Gasteiger partial charge in [0.25, 0.3) is 0 Å². The summed E-state index contributed by atoms with van der Waals surface area (Å²) in [6, 6.07) is 0.621. The van der Waals surface area contributed by atoms with Gasteiger partial charge in [0.2, 0.25) is 0 Å². The molecule has 1 aromatic heterocycles. The molecule has 0 fully saturated rings. The fourth-order valence-corrected chi connectivity index (χ4v) is 1.81. The molecule has 0 aromatic carbocycles. The summed E-state index contributed by atoms with van der Waals surface area (Å²) < 4.78 is 1.94. The molecule has 0 aliphatic carbocycles. The predicted octanol–water partition coefficient (Wildman–Crippen LogP) is 1.75. The lowest BCUT2D eigenvalue weighted by molar-refractivity contribution is 0.238. The first kappa shape index (κ1) is 16.1. The fourth-order valence-electron chi connectivity index (χ4n) is 1.81. The van der Waals surface area contributed by atoms with Crippen LogP contribution < -0.4 is 5.32 Å². The molecule has 1 atom stereocenters. The van der Waals surface area contributed by atoms with Crippen LogP contribution in [0.1, 0.15) is 39.8 Å². The largest absolute Gasteiger partial charge is 0.311 e. The molecule has 1 rings (SSSR count). The molecule has 110 valence electrons. The number of aromatic nitrogens is 3. The molecule has 19 heavy (non-hydrogen) atoms. The van der Waals surface area contributed by atoms with Crippen LogP contribution in [0.4, 0.5) is 0 Å². The Morgan fingerprint density at radius 2 is 2.11 bits per heavy atom. The molecule has 1 unspecified atom stereocenters. The van der Waals surface area contributed by atoms with E-state index in [2.05, 4.69) is 55.3 Å². The van der Waals surface area contributed by atoms with Gasteiger partial charge in [-0.2, -0.15) is 0 Å². The topological polar surface area (TPSA) is 46.0 Å². The molecular weight excluding hydrogens is 238 g/mol. The van der Waals surface area contributed by atoms with Gasteiger partial charge in [0.05, 0.1) is 12.2 Å². The van der Waals surface area contributed by atoms with Gasteiger partial charge in [-0.05, 0) is 32.9 Å². The van der Waals surface area contributed by atoms with Crippen LogP contribution in [-0.4, -0.2) is 46.1 Å². The van der Waals surface area contributed by atoms with Gasteiger partial charge < -0.3 is 10.2 Å². The Hall–Kier alpha value is -0.940. The Labute approximate surface area is 117 Å². The zero-order valence-corrected chi connectivity index (χ0v) is 13.1. The number of hydrogen-bond donors (Lipinski definition) is 1. The lowest BCUT2D eigenvalue weighted by atomic mass is 10.2. The van der Waals surface area contributed by atoms with Gasteiger partial charge in [-0.1, -0.05) is 26.0 Å². The first-order valence-electron chi connectivity index (χ1n) is 7.32. The predicted molar refractivity (Wildman–Crippen MR) is 78.9 cm³/mol. The number of nitrogens with one attached hydrogen (secondary N) is 1. The van der Waals surface area contributed by atoms with E-state index in [1.165, 1.54) is 6.42 Å². The van der Waals surface area contributed by atoms with Crippen molar-refractivity contribution in [2.75, 3.05) is 20.1 Å². The van der Waals surface area contributed by atoms with Crippen LogP contribution in [0, 0.1) is 5.92 Å². The van der Waals surface area contributed by atoms with Gasteiger partial charge in [-0.3, -0.25) is 4.68 Å². The van der Waals surface area contributed by atoms with Gasteiger partial charge >= 0.3 is 0 Å². The molecule has 5 nitrogen and oxygen atoms in total. The summed E-state index contributed by atoms with van der Waals surface area (Å²) in [6.07, 6.45) is 3.22. The Morgan fingerprint density at radius 1 is 1.37 bits per heavy atom. The molecule has 0 saturated heterocycles. The van der Waals surface area contributed by atoms with E-state index in [-0.39, 0.29) is 0 Å². The number of rotatable bonds is 9. The Bertz CT molecular complexity index is 347. The van der Waals surface area contributed by atoms with Crippen molar-refractivity contribution in [2.45, 2.75) is 53.2 Å². The van der Waals surface area contributed by atoms with Crippen molar-refractivity contribution in [1.29, 1.82) is 0 Å². The zero-order chi connectivity index (χ0) is 14.3. The molecule has 0 aliphatic rings. The maximum Gasteiger partial charge on any atom is 0.0964 e. The first-order valence-corrected chi connectivity index (χ1v) is 7.32. The van der Waals surface area contributed by atoms with Crippen molar-refractivity contribution >= 4 is 0 Å². The normalized spacial score (nSPS) is 13.4. The molecular formula is C14H29N5. The smallest absolute Gasteiger partial charge is 0.0964 e. The molecule has 0 radical (unpaired) electrons. The van der Waals surface area contributed by atoms with Gasteiger partial charge in [-0.15, -0.1) is 5.10 Å². The van der Waals surface area contributed by atoms with E-state index in [0.717, 1.165) is 31.9 Å². The highest BCUT2D eigenvalue weighted by Crippen LogP contribution is 2.01. The highest BCUT2D eigenvalue weighted by Gasteiger charge is 2.07. The molecule has 0 aliphatic heterocycles. The van der Waals surface area contributed by atoms with E-state index in [0.29, 0.717) is 12.0 Å². The quantitative estimate of drug-likeness (QED) is 0.740. The summed E-state index contributed by atoms with van der Waals surface area (Å²) in [5.74, 6) is 0.666. The molecule has 5 heteroatoms. The zero-order valence-electron chi connectivity index (χ0n) is 13.1. The fraction of sp³-hybridized carbons (Fsp3) is 0.857. The average molecular weight is 267 g/mol. The van der Waals surface area contributed by atoms with Crippen LogP contribution >= 0.6 is 0 Å². The number of likely N-dealkylation sites (N-methyl/N-ethyl adjacent to an activating group) is 1. The summed E-state index contributed by atoms with van der Waals surface area (Å²) in [7, 11) is 2.16. The van der Waals surface area contributed by atoms with Gasteiger partial charge in [0, 0.05) is 25.3 Å². The third-order valence-electron chi connectivity index (χ3n) is 3.47. The summed E-state index contributed by atoms with van der Waals surface area (Å²) in [6.45, 7) is 12.6. The standard InChI is InChI=1S/C14H29N5/c1-6-13(4)18(5)7-8-19-11-14(16-17-19)10-15-9-12(2)3/h11-13,15H,6-10H2,1-5H3. The van der Waals surface area contributed by atoms with Gasteiger partial charge in [0.15, 0.2) is 0 Å². The molecule has 0 saturated carbocycles. The third-order valence-corrected chi connectivity index (χ3v) is 3.47. The summed E-state index contributed by atoms with van der Waals surface area (Å²) in [5.41, 5.74) is 1.02. The minimum Gasteiger partial charge on any atom is -0.311 e. The molecule has 0 amide bonds. The average Bonchev–Trinajstić information content (AvgIpc) is 2.82. The second kappa shape index (κ2) is 8.27. The van der Waals surface area contributed by atoms with Crippen molar-refractivity contribution < 1.29 is 0 Å². The van der Waals surface area contributed by atoms with E-state index < -0.39 is 0 Å². The van der Waals surface area contributed by atoms with Gasteiger partial charge in [-0.25, -0.2) is 0 Å². The first-order chi connectivity index (χ1) is 9.02. The second-order valence-electron chi connectivity index (χ2n) is 5.74. The Morgan fingerprint density at radius 3 is 2.74 bits per heavy atom. The molecule has 1 aromatic rings. The third kappa shape index (κ3) is 6.16. The van der Waals surface area contributed by atoms with Crippen LogP contribution in [0.25, 0.3) is 0 Å².